The second kappa shape index (κ2) is 8.22. The van der Waals surface area contributed by atoms with Crippen molar-refractivity contribution in [3.63, 3.8) is 0 Å². The van der Waals surface area contributed by atoms with E-state index in [1.165, 1.54) is 6.42 Å². The number of aryl methyl sites for hydroxylation is 1. The molecule has 3 heterocycles. The van der Waals surface area contributed by atoms with E-state index in [0.717, 1.165) is 54.1 Å². The molecule has 2 aliphatic rings. The van der Waals surface area contributed by atoms with Crippen molar-refractivity contribution in [3.05, 3.63) is 52.9 Å². The third-order valence-corrected chi connectivity index (χ3v) is 6.85. The fraction of sp³-hybridized carbons (Fsp3) is 0.375. The average Bonchev–Trinajstić information content (AvgIpc) is 3.11. The van der Waals surface area contributed by atoms with E-state index in [9.17, 15) is 5.11 Å². The predicted molar refractivity (Wildman–Crippen MR) is 126 cm³/mol. The molecule has 7 nitrogen and oxygen atoms in total. The minimum Gasteiger partial charge on any atom is -0.494 e. The summed E-state index contributed by atoms with van der Waals surface area (Å²) < 4.78 is 5.60. The Balaban J connectivity index is 1.45. The highest BCUT2D eigenvalue weighted by molar-refractivity contribution is 6.33. The van der Waals surface area contributed by atoms with Crippen LogP contribution in [0.1, 0.15) is 31.0 Å². The number of aliphatic hydroxyl groups is 1. The molecule has 1 fully saturated rings. The topological polar surface area (TPSA) is 83.4 Å². The second-order valence-electron chi connectivity index (χ2n) is 8.67. The van der Waals surface area contributed by atoms with Crippen molar-refractivity contribution in [1.82, 2.24) is 15.0 Å². The number of halogens is 1. The highest BCUT2D eigenvalue weighted by Gasteiger charge is 2.35. The minimum absolute atomic E-state index is 0.107. The van der Waals surface area contributed by atoms with E-state index in [2.05, 4.69) is 33.2 Å². The van der Waals surface area contributed by atoms with Crippen LogP contribution in [0.5, 0.6) is 5.75 Å². The molecule has 1 aromatic carbocycles. The van der Waals surface area contributed by atoms with Gasteiger partial charge in [0.1, 0.15) is 5.75 Å². The summed E-state index contributed by atoms with van der Waals surface area (Å²) in [5.41, 5.74) is 5.24. The monoisotopic (exact) mass is 451 g/mol. The molecule has 1 aliphatic carbocycles. The third kappa shape index (κ3) is 3.65. The molecule has 1 aliphatic heterocycles. The Hall–Kier alpha value is -2.90. The number of hydrogen-bond donors (Lipinski definition) is 2. The van der Waals surface area contributed by atoms with Gasteiger partial charge in [-0.1, -0.05) is 18.5 Å². The summed E-state index contributed by atoms with van der Waals surface area (Å²) in [5, 5.41) is 13.8. The van der Waals surface area contributed by atoms with Crippen LogP contribution in [0.2, 0.25) is 5.02 Å². The first-order valence-electron chi connectivity index (χ1n) is 10.8. The van der Waals surface area contributed by atoms with Gasteiger partial charge in [0.05, 0.1) is 35.8 Å². The summed E-state index contributed by atoms with van der Waals surface area (Å²) >= 11 is 6.55. The Morgan fingerprint density at radius 3 is 2.81 bits per heavy atom. The molecule has 166 valence electrons. The van der Waals surface area contributed by atoms with Crippen LogP contribution >= 0.6 is 11.6 Å². The molecule has 0 radical (unpaired) electrons. The summed E-state index contributed by atoms with van der Waals surface area (Å²) in [6, 6.07) is 7.76. The zero-order valence-corrected chi connectivity index (χ0v) is 19.0. The largest absolute Gasteiger partial charge is 0.494 e. The summed E-state index contributed by atoms with van der Waals surface area (Å²) in [5.74, 6) is 1.13. The Morgan fingerprint density at radius 1 is 1.25 bits per heavy atom. The lowest BCUT2D eigenvalue weighted by Crippen LogP contribution is -2.37. The lowest BCUT2D eigenvalue weighted by Gasteiger charge is -2.34. The van der Waals surface area contributed by atoms with Gasteiger partial charge in [0.15, 0.2) is 0 Å². The first kappa shape index (κ1) is 21.0. The van der Waals surface area contributed by atoms with Crippen LogP contribution in [0, 0.1) is 0 Å². The van der Waals surface area contributed by atoms with Gasteiger partial charge in [-0.05, 0) is 43.0 Å². The number of rotatable bonds is 6. The number of fused-ring (bicyclic) bond motifs is 1. The van der Waals surface area contributed by atoms with Gasteiger partial charge < -0.3 is 20.1 Å². The SMILES string of the molecule is COc1cc(N2CCC2)c(Cl)cc1Nc1nccc(-c2cnc3c(c2)C(C)(CO)CC3)n1. The van der Waals surface area contributed by atoms with Crippen molar-refractivity contribution in [1.29, 1.82) is 0 Å². The fourth-order valence-corrected chi connectivity index (χ4v) is 4.64. The molecule has 32 heavy (non-hydrogen) atoms. The first-order chi connectivity index (χ1) is 15.5. The van der Waals surface area contributed by atoms with Gasteiger partial charge >= 0.3 is 0 Å². The van der Waals surface area contributed by atoms with Crippen molar-refractivity contribution in [2.75, 3.05) is 37.0 Å². The van der Waals surface area contributed by atoms with Crippen molar-refractivity contribution < 1.29 is 9.84 Å². The third-order valence-electron chi connectivity index (χ3n) is 6.55. The van der Waals surface area contributed by atoms with Gasteiger partial charge in [-0.25, -0.2) is 9.97 Å². The average molecular weight is 452 g/mol. The van der Waals surface area contributed by atoms with Crippen LogP contribution in [-0.4, -0.2) is 46.9 Å². The molecule has 8 heteroatoms. The molecule has 1 unspecified atom stereocenters. The summed E-state index contributed by atoms with van der Waals surface area (Å²) in [7, 11) is 1.64. The molecule has 2 aromatic heterocycles. The summed E-state index contributed by atoms with van der Waals surface area (Å²) in [4.78, 5) is 15.9. The van der Waals surface area contributed by atoms with E-state index in [1.807, 2.05) is 24.4 Å². The highest BCUT2D eigenvalue weighted by Crippen LogP contribution is 2.40. The number of pyridine rings is 1. The molecular formula is C24H26ClN5O2. The molecule has 0 saturated carbocycles. The van der Waals surface area contributed by atoms with Crippen molar-refractivity contribution in [3.8, 4) is 17.0 Å². The van der Waals surface area contributed by atoms with Crippen LogP contribution in [0.15, 0.2) is 36.7 Å². The number of benzene rings is 1. The zero-order chi connectivity index (χ0) is 22.3. The van der Waals surface area contributed by atoms with Gasteiger partial charge in [-0.15, -0.1) is 0 Å². The van der Waals surface area contributed by atoms with Gasteiger partial charge in [0, 0.05) is 48.2 Å². The number of nitrogens with one attached hydrogen (secondary N) is 1. The maximum Gasteiger partial charge on any atom is 0.227 e. The number of methoxy groups -OCH3 is 1. The van der Waals surface area contributed by atoms with Crippen molar-refractivity contribution in [2.45, 2.75) is 31.6 Å². The molecule has 0 amide bonds. The molecule has 1 atom stereocenters. The number of hydrogen-bond acceptors (Lipinski definition) is 7. The van der Waals surface area contributed by atoms with Gasteiger partial charge in [0.25, 0.3) is 0 Å². The van der Waals surface area contributed by atoms with Gasteiger partial charge in [0.2, 0.25) is 5.95 Å². The van der Waals surface area contributed by atoms with E-state index < -0.39 is 0 Å². The number of ether oxygens (including phenoxy) is 1. The van der Waals surface area contributed by atoms with Crippen LogP contribution in [0.25, 0.3) is 11.3 Å². The quantitative estimate of drug-likeness (QED) is 0.576. The Labute approximate surface area is 192 Å². The molecule has 0 spiro atoms. The summed E-state index contributed by atoms with van der Waals surface area (Å²) in [6.45, 7) is 4.20. The van der Waals surface area contributed by atoms with Gasteiger partial charge in [-0.3, -0.25) is 4.98 Å². The zero-order valence-electron chi connectivity index (χ0n) is 18.2. The molecular weight excluding hydrogens is 426 g/mol. The van der Waals surface area contributed by atoms with E-state index >= 15 is 0 Å². The van der Waals surface area contributed by atoms with E-state index in [0.29, 0.717) is 22.4 Å². The van der Waals surface area contributed by atoms with E-state index in [4.69, 9.17) is 21.3 Å². The smallest absolute Gasteiger partial charge is 0.227 e. The Kier molecular flexibility index (Phi) is 5.39. The van der Waals surface area contributed by atoms with E-state index in [1.54, 1.807) is 13.3 Å². The lowest BCUT2D eigenvalue weighted by molar-refractivity contribution is 0.206. The Morgan fingerprint density at radius 2 is 2.09 bits per heavy atom. The fourth-order valence-electron chi connectivity index (χ4n) is 4.36. The molecule has 3 aromatic rings. The molecule has 1 saturated heterocycles. The minimum atomic E-state index is -0.255. The number of nitrogens with zero attached hydrogens (tertiary/aromatic N) is 4. The van der Waals surface area contributed by atoms with Crippen molar-refractivity contribution >= 4 is 28.9 Å². The second-order valence-corrected chi connectivity index (χ2v) is 9.08. The summed E-state index contributed by atoms with van der Waals surface area (Å²) in [6.07, 6.45) is 6.52. The molecule has 2 N–H and O–H groups in total. The number of anilines is 3. The van der Waals surface area contributed by atoms with Gasteiger partial charge in [-0.2, -0.15) is 0 Å². The van der Waals surface area contributed by atoms with Crippen LogP contribution in [0.4, 0.5) is 17.3 Å². The van der Waals surface area contributed by atoms with Crippen LogP contribution < -0.4 is 15.0 Å². The van der Waals surface area contributed by atoms with E-state index in [-0.39, 0.29) is 12.0 Å². The van der Waals surface area contributed by atoms with Crippen LogP contribution in [-0.2, 0) is 11.8 Å². The highest BCUT2D eigenvalue weighted by atomic mass is 35.5. The van der Waals surface area contributed by atoms with Crippen molar-refractivity contribution in [2.24, 2.45) is 0 Å². The normalized spacial score (nSPS) is 19.4. The molecule has 0 bridgehead atoms. The Bertz CT molecular complexity index is 1170. The standard InChI is InChI=1S/C24H26ClN5O2/c1-24(14-31)6-4-19-16(24)10-15(13-27-19)18-5-7-26-23(28-18)29-20-11-17(25)21(12-22(20)32-2)30-8-3-9-30/h5,7,10-13,31H,3-4,6,8-9,14H2,1-2H3,(H,26,28,29). The maximum atomic E-state index is 9.90. The number of aliphatic hydroxyl groups excluding tert-OH is 1. The molecule has 5 rings (SSSR count). The first-order valence-corrected chi connectivity index (χ1v) is 11.2. The number of aromatic nitrogens is 3. The predicted octanol–water partition coefficient (Wildman–Crippen LogP) is 4.35. The lowest BCUT2D eigenvalue weighted by atomic mass is 9.85. The maximum absolute atomic E-state index is 9.90. The van der Waals surface area contributed by atoms with Crippen LogP contribution in [0.3, 0.4) is 0 Å².